The highest BCUT2D eigenvalue weighted by atomic mass is 35.5. The molecule has 0 aliphatic rings. The van der Waals surface area contributed by atoms with Gasteiger partial charge in [0.15, 0.2) is 0 Å². The van der Waals surface area contributed by atoms with E-state index in [2.05, 4.69) is 0 Å². The van der Waals surface area contributed by atoms with Crippen molar-refractivity contribution >= 4 is 11.6 Å². The Labute approximate surface area is 89.5 Å². The average Bonchev–Trinajstić information content (AvgIpc) is 2.18. The van der Waals surface area contributed by atoms with Crippen LogP contribution in [0.1, 0.15) is 25.8 Å². The Bertz CT molecular complexity index is 299. The van der Waals surface area contributed by atoms with E-state index in [1.54, 1.807) is 18.2 Å². The molecule has 0 saturated carbocycles. The van der Waals surface area contributed by atoms with Gasteiger partial charge in [-0.2, -0.15) is 0 Å². The number of rotatable bonds is 4. The van der Waals surface area contributed by atoms with Gasteiger partial charge in [0.1, 0.15) is 5.75 Å². The van der Waals surface area contributed by atoms with E-state index < -0.39 is 0 Å². The van der Waals surface area contributed by atoms with Crippen molar-refractivity contribution in [2.75, 3.05) is 0 Å². The van der Waals surface area contributed by atoms with Gasteiger partial charge in [-0.25, -0.2) is 0 Å². The van der Waals surface area contributed by atoms with E-state index in [0.29, 0.717) is 10.8 Å². The largest absolute Gasteiger partial charge is 0.490 e. The summed E-state index contributed by atoms with van der Waals surface area (Å²) < 4.78 is 5.62. The Hall–Kier alpha value is -0.730. The average molecular weight is 215 g/mol. The number of benzene rings is 1. The lowest BCUT2D eigenvalue weighted by Gasteiger charge is -2.15. The van der Waals surface area contributed by atoms with Crippen LogP contribution in [0.4, 0.5) is 0 Å². The molecule has 0 aliphatic carbocycles. The van der Waals surface area contributed by atoms with Crippen LogP contribution in [0.25, 0.3) is 0 Å². The van der Waals surface area contributed by atoms with Gasteiger partial charge in [-0.05, 0) is 25.5 Å². The number of hydrogen-bond donors (Lipinski definition) is 1. The Balaban J connectivity index is 2.87. The molecule has 0 bridgehead atoms. The lowest BCUT2D eigenvalue weighted by molar-refractivity contribution is 0.206. The van der Waals surface area contributed by atoms with E-state index in [1.165, 1.54) is 0 Å². The monoisotopic (exact) mass is 214 g/mol. The zero-order valence-corrected chi connectivity index (χ0v) is 9.21. The van der Waals surface area contributed by atoms with Gasteiger partial charge in [0.05, 0.1) is 12.7 Å². The molecule has 0 aliphatic heterocycles. The molecule has 14 heavy (non-hydrogen) atoms. The minimum Gasteiger partial charge on any atom is -0.490 e. The topological polar surface area (TPSA) is 29.5 Å². The van der Waals surface area contributed by atoms with Gasteiger partial charge in [-0.3, -0.25) is 0 Å². The molecule has 0 saturated heterocycles. The van der Waals surface area contributed by atoms with Gasteiger partial charge in [0.25, 0.3) is 0 Å². The van der Waals surface area contributed by atoms with Crippen LogP contribution in [-0.2, 0) is 6.61 Å². The summed E-state index contributed by atoms with van der Waals surface area (Å²) in [6.45, 7) is 4.01. The van der Waals surface area contributed by atoms with Gasteiger partial charge >= 0.3 is 0 Å². The SMILES string of the molecule is CCC(C)Oc1cc(Cl)ccc1CO. The highest BCUT2D eigenvalue weighted by molar-refractivity contribution is 6.30. The van der Waals surface area contributed by atoms with Crippen LogP contribution >= 0.6 is 11.6 Å². The fraction of sp³-hybridized carbons (Fsp3) is 0.455. The zero-order chi connectivity index (χ0) is 10.6. The molecule has 1 atom stereocenters. The maximum atomic E-state index is 9.07. The first kappa shape index (κ1) is 11.3. The Morgan fingerprint density at radius 2 is 2.21 bits per heavy atom. The predicted octanol–water partition coefficient (Wildman–Crippen LogP) is 3.01. The summed E-state index contributed by atoms with van der Waals surface area (Å²) in [5.41, 5.74) is 0.773. The van der Waals surface area contributed by atoms with Gasteiger partial charge in [-0.1, -0.05) is 24.6 Å². The van der Waals surface area contributed by atoms with E-state index in [9.17, 15) is 0 Å². The van der Waals surface area contributed by atoms with Crippen LogP contribution in [0.15, 0.2) is 18.2 Å². The summed E-state index contributed by atoms with van der Waals surface area (Å²) >= 11 is 5.84. The van der Waals surface area contributed by atoms with Crippen molar-refractivity contribution in [1.29, 1.82) is 0 Å². The Morgan fingerprint density at radius 1 is 1.50 bits per heavy atom. The predicted molar refractivity (Wildman–Crippen MR) is 57.8 cm³/mol. The smallest absolute Gasteiger partial charge is 0.126 e. The molecule has 1 N–H and O–H groups in total. The van der Waals surface area contributed by atoms with Crippen LogP contribution in [0.5, 0.6) is 5.75 Å². The minimum absolute atomic E-state index is 0.0249. The number of aliphatic hydroxyl groups excluding tert-OH is 1. The molecule has 78 valence electrons. The maximum absolute atomic E-state index is 9.07. The molecule has 2 nitrogen and oxygen atoms in total. The highest BCUT2D eigenvalue weighted by Gasteiger charge is 2.06. The number of aliphatic hydroxyl groups is 1. The van der Waals surface area contributed by atoms with Crippen molar-refractivity contribution in [2.24, 2.45) is 0 Å². The van der Waals surface area contributed by atoms with E-state index in [-0.39, 0.29) is 12.7 Å². The summed E-state index contributed by atoms with van der Waals surface area (Å²) in [7, 11) is 0. The molecule has 0 aromatic heterocycles. The molecular formula is C11H15ClO2. The normalized spacial score (nSPS) is 12.6. The third-order valence-electron chi connectivity index (χ3n) is 2.10. The molecule has 0 spiro atoms. The third-order valence-corrected chi connectivity index (χ3v) is 2.34. The van der Waals surface area contributed by atoms with Gasteiger partial charge in [0, 0.05) is 10.6 Å². The summed E-state index contributed by atoms with van der Waals surface area (Å²) in [6, 6.07) is 5.26. The van der Waals surface area contributed by atoms with Crippen LogP contribution in [-0.4, -0.2) is 11.2 Å². The number of hydrogen-bond acceptors (Lipinski definition) is 2. The molecule has 1 rings (SSSR count). The van der Waals surface area contributed by atoms with Crippen molar-refractivity contribution in [3.63, 3.8) is 0 Å². The van der Waals surface area contributed by atoms with Crippen molar-refractivity contribution < 1.29 is 9.84 Å². The molecule has 0 fully saturated rings. The van der Waals surface area contributed by atoms with Gasteiger partial charge < -0.3 is 9.84 Å². The molecule has 1 aromatic rings. The first-order chi connectivity index (χ1) is 6.67. The fourth-order valence-corrected chi connectivity index (χ4v) is 1.23. The summed E-state index contributed by atoms with van der Waals surface area (Å²) in [4.78, 5) is 0. The van der Waals surface area contributed by atoms with Gasteiger partial charge in [-0.15, -0.1) is 0 Å². The van der Waals surface area contributed by atoms with E-state index >= 15 is 0 Å². The second-order valence-corrected chi connectivity index (χ2v) is 3.68. The van der Waals surface area contributed by atoms with Crippen LogP contribution < -0.4 is 4.74 Å². The zero-order valence-electron chi connectivity index (χ0n) is 8.46. The lowest BCUT2D eigenvalue weighted by atomic mass is 10.2. The quantitative estimate of drug-likeness (QED) is 0.835. The van der Waals surface area contributed by atoms with Crippen molar-refractivity contribution in [1.82, 2.24) is 0 Å². The second kappa shape index (κ2) is 5.23. The first-order valence-corrected chi connectivity index (χ1v) is 5.11. The summed E-state index contributed by atoms with van der Waals surface area (Å²) in [6.07, 6.45) is 1.07. The Kier molecular flexibility index (Phi) is 4.23. The molecule has 0 amide bonds. The maximum Gasteiger partial charge on any atom is 0.126 e. The Morgan fingerprint density at radius 3 is 2.79 bits per heavy atom. The number of ether oxygens (including phenoxy) is 1. The molecule has 0 radical (unpaired) electrons. The number of halogens is 1. The molecular weight excluding hydrogens is 200 g/mol. The van der Waals surface area contributed by atoms with Crippen LogP contribution in [0.2, 0.25) is 5.02 Å². The van der Waals surface area contributed by atoms with Crippen LogP contribution in [0.3, 0.4) is 0 Å². The van der Waals surface area contributed by atoms with Crippen molar-refractivity contribution in [3.8, 4) is 5.75 Å². The van der Waals surface area contributed by atoms with Crippen molar-refractivity contribution in [2.45, 2.75) is 33.0 Å². The van der Waals surface area contributed by atoms with Crippen LogP contribution in [0, 0.1) is 0 Å². The van der Waals surface area contributed by atoms with E-state index in [0.717, 1.165) is 12.0 Å². The van der Waals surface area contributed by atoms with E-state index in [4.69, 9.17) is 21.4 Å². The third kappa shape index (κ3) is 2.89. The fourth-order valence-electron chi connectivity index (χ4n) is 1.07. The van der Waals surface area contributed by atoms with Gasteiger partial charge in [0.2, 0.25) is 0 Å². The summed E-state index contributed by atoms with van der Waals surface area (Å²) in [5, 5.41) is 9.70. The molecule has 3 heteroatoms. The standard InChI is InChI=1S/C11H15ClO2/c1-3-8(2)14-11-6-10(12)5-4-9(11)7-13/h4-6,8,13H,3,7H2,1-2H3. The van der Waals surface area contributed by atoms with E-state index in [1.807, 2.05) is 13.8 Å². The second-order valence-electron chi connectivity index (χ2n) is 3.25. The highest BCUT2D eigenvalue weighted by Crippen LogP contribution is 2.24. The molecule has 1 aromatic carbocycles. The molecule has 0 heterocycles. The van der Waals surface area contributed by atoms with Crippen molar-refractivity contribution in [3.05, 3.63) is 28.8 Å². The molecule has 1 unspecified atom stereocenters. The summed E-state index contributed by atoms with van der Waals surface area (Å²) in [5.74, 6) is 0.675. The first-order valence-electron chi connectivity index (χ1n) is 4.73. The lowest BCUT2D eigenvalue weighted by Crippen LogP contribution is -2.11. The minimum atomic E-state index is -0.0249.